The van der Waals surface area contributed by atoms with Crippen molar-refractivity contribution in [1.29, 1.82) is 0 Å². The fraction of sp³-hybridized carbons (Fsp3) is 0.636. The molecule has 1 atom stereocenters. The van der Waals surface area contributed by atoms with Crippen molar-refractivity contribution in [2.45, 2.75) is 26.4 Å². The molecule has 0 saturated carbocycles. The monoisotopic (exact) mass is 258 g/mol. The number of piperazine rings is 1. The summed E-state index contributed by atoms with van der Waals surface area (Å²) in [6.07, 6.45) is 3.47. The Balaban J connectivity index is 0.00000144. The fourth-order valence-electron chi connectivity index (χ4n) is 1.96. The molecule has 2 heterocycles. The summed E-state index contributed by atoms with van der Waals surface area (Å²) in [6.45, 7) is 7.39. The van der Waals surface area contributed by atoms with Crippen LogP contribution in [0.5, 0.6) is 0 Å². The summed E-state index contributed by atoms with van der Waals surface area (Å²) in [5, 5.41) is 7.40. The Morgan fingerprint density at radius 3 is 3.00 bits per heavy atom. The summed E-state index contributed by atoms with van der Waals surface area (Å²) in [7, 11) is 0. The molecule has 1 aromatic heterocycles. The van der Waals surface area contributed by atoms with E-state index in [2.05, 4.69) is 17.3 Å². The Kier molecular flexibility index (Phi) is 4.96. The van der Waals surface area contributed by atoms with E-state index in [9.17, 15) is 4.79 Å². The van der Waals surface area contributed by atoms with Gasteiger partial charge in [0, 0.05) is 38.4 Å². The van der Waals surface area contributed by atoms with Crippen LogP contribution in [0.2, 0.25) is 0 Å². The van der Waals surface area contributed by atoms with E-state index in [-0.39, 0.29) is 24.4 Å². The summed E-state index contributed by atoms with van der Waals surface area (Å²) in [6, 6.07) is 0.256. The molecule has 0 spiro atoms. The number of amides is 1. The second-order valence-electron chi connectivity index (χ2n) is 4.14. The molecule has 6 heteroatoms. The number of carbonyl (C=O) groups excluding carboxylic acids is 1. The van der Waals surface area contributed by atoms with E-state index in [1.807, 2.05) is 18.0 Å². The average Bonchev–Trinajstić information content (AvgIpc) is 2.77. The first-order valence-corrected chi connectivity index (χ1v) is 5.76. The van der Waals surface area contributed by atoms with Gasteiger partial charge in [-0.15, -0.1) is 12.4 Å². The first kappa shape index (κ1) is 14.0. The SMILES string of the molecule is CCn1cc(C(=O)N2CCNC[C@H]2C)cn1.Cl. The van der Waals surface area contributed by atoms with Gasteiger partial charge in [-0.2, -0.15) is 5.10 Å². The quantitative estimate of drug-likeness (QED) is 0.852. The molecule has 0 radical (unpaired) electrons. The van der Waals surface area contributed by atoms with Crippen LogP contribution in [0.1, 0.15) is 24.2 Å². The van der Waals surface area contributed by atoms with Crippen molar-refractivity contribution in [1.82, 2.24) is 20.0 Å². The summed E-state index contributed by atoms with van der Waals surface area (Å²) in [5.74, 6) is 0.0914. The minimum Gasteiger partial charge on any atom is -0.333 e. The van der Waals surface area contributed by atoms with Crippen LogP contribution in [0.25, 0.3) is 0 Å². The number of halogens is 1. The molecule has 0 aliphatic carbocycles. The molecule has 0 aromatic carbocycles. The van der Waals surface area contributed by atoms with Crippen molar-refractivity contribution >= 4 is 18.3 Å². The number of nitrogens with one attached hydrogen (secondary N) is 1. The van der Waals surface area contributed by atoms with Gasteiger partial charge in [-0.1, -0.05) is 0 Å². The molecule has 1 aliphatic heterocycles. The molecule has 1 saturated heterocycles. The highest BCUT2D eigenvalue weighted by Crippen LogP contribution is 2.09. The zero-order chi connectivity index (χ0) is 11.5. The number of rotatable bonds is 2. The molecule has 1 fully saturated rings. The minimum atomic E-state index is 0. The number of hydrogen-bond acceptors (Lipinski definition) is 3. The third-order valence-corrected chi connectivity index (χ3v) is 2.97. The lowest BCUT2D eigenvalue weighted by atomic mass is 10.2. The maximum atomic E-state index is 12.2. The molecular formula is C11H19ClN4O. The lowest BCUT2D eigenvalue weighted by molar-refractivity contribution is 0.0655. The van der Waals surface area contributed by atoms with Crippen LogP contribution in [0.3, 0.4) is 0 Å². The number of nitrogens with zero attached hydrogens (tertiary/aromatic N) is 3. The zero-order valence-electron chi connectivity index (χ0n) is 10.2. The maximum Gasteiger partial charge on any atom is 0.257 e. The van der Waals surface area contributed by atoms with Crippen LogP contribution in [0.15, 0.2) is 12.4 Å². The smallest absolute Gasteiger partial charge is 0.257 e. The van der Waals surface area contributed by atoms with E-state index in [1.165, 1.54) is 0 Å². The van der Waals surface area contributed by atoms with Gasteiger partial charge in [0.1, 0.15) is 0 Å². The van der Waals surface area contributed by atoms with Gasteiger partial charge in [-0.3, -0.25) is 9.48 Å². The predicted molar refractivity (Wildman–Crippen MR) is 68.5 cm³/mol. The summed E-state index contributed by atoms with van der Waals surface area (Å²) >= 11 is 0. The van der Waals surface area contributed by atoms with Crippen molar-refractivity contribution in [3.05, 3.63) is 18.0 Å². The second-order valence-corrected chi connectivity index (χ2v) is 4.14. The van der Waals surface area contributed by atoms with E-state index in [0.29, 0.717) is 5.56 Å². The van der Waals surface area contributed by atoms with Gasteiger partial charge in [0.25, 0.3) is 5.91 Å². The third kappa shape index (κ3) is 2.98. The van der Waals surface area contributed by atoms with Gasteiger partial charge in [0.2, 0.25) is 0 Å². The van der Waals surface area contributed by atoms with Gasteiger partial charge < -0.3 is 10.2 Å². The number of hydrogen-bond donors (Lipinski definition) is 1. The predicted octanol–water partition coefficient (Wildman–Crippen LogP) is 0.759. The highest BCUT2D eigenvalue weighted by atomic mass is 35.5. The summed E-state index contributed by atoms with van der Waals surface area (Å²) < 4.78 is 1.78. The van der Waals surface area contributed by atoms with Crippen molar-refractivity contribution < 1.29 is 4.79 Å². The normalized spacial score (nSPS) is 19.9. The number of aromatic nitrogens is 2. The zero-order valence-corrected chi connectivity index (χ0v) is 11.0. The standard InChI is InChI=1S/C11H18N4O.ClH/c1-3-14-8-10(7-13-14)11(16)15-5-4-12-6-9(15)2;/h7-9,12H,3-6H2,1-2H3;1H/t9-;/m1./s1. The highest BCUT2D eigenvalue weighted by molar-refractivity contribution is 5.94. The van der Waals surface area contributed by atoms with Crippen LogP contribution in [0, 0.1) is 0 Å². The van der Waals surface area contributed by atoms with Crippen LogP contribution in [-0.2, 0) is 6.54 Å². The minimum absolute atomic E-state index is 0. The van der Waals surface area contributed by atoms with Crippen molar-refractivity contribution in [2.24, 2.45) is 0 Å². The van der Waals surface area contributed by atoms with E-state index in [0.717, 1.165) is 26.2 Å². The Bertz CT molecular complexity index is 379. The molecule has 1 aromatic rings. The van der Waals surface area contributed by atoms with E-state index in [4.69, 9.17) is 0 Å². The molecular weight excluding hydrogens is 240 g/mol. The Morgan fingerprint density at radius 1 is 1.65 bits per heavy atom. The van der Waals surface area contributed by atoms with Crippen LogP contribution in [-0.4, -0.2) is 46.3 Å². The van der Waals surface area contributed by atoms with E-state index < -0.39 is 0 Å². The Labute approximate surface area is 108 Å². The molecule has 0 bridgehead atoms. The molecule has 2 rings (SSSR count). The van der Waals surface area contributed by atoms with Crippen molar-refractivity contribution in [3.63, 3.8) is 0 Å². The van der Waals surface area contributed by atoms with Crippen molar-refractivity contribution in [2.75, 3.05) is 19.6 Å². The Hall–Kier alpha value is -1.07. The maximum absolute atomic E-state index is 12.2. The van der Waals surface area contributed by atoms with E-state index >= 15 is 0 Å². The highest BCUT2D eigenvalue weighted by Gasteiger charge is 2.24. The topological polar surface area (TPSA) is 50.2 Å². The summed E-state index contributed by atoms with van der Waals surface area (Å²) in [4.78, 5) is 14.1. The van der Waals surface area contributed by atoms with Crippen LogP contribution >= 0.6 is 12.4 Å². The first-order valence-electron chi connectivity index (χ1n) is 5.76. The molecule has 96 valence electrons. The van der Waals surface area contributed by atoms with Crippen molar-refractivity contribution in [3.8, 4) is 0 Å². The van der Waals surface area contributed by atoms with E-state index in [1.54, 1.807) is 10.9 Å². The largest absolute Gasteiger partial charge is 0.333 e. The number of carbonyl (C=O) groups is 1. The molecule has 0 unspecified atom stereocenters. The third-order valence-electron chi connectivity index (χ3n) is 2.97. The summed E-state index contributed by atoms with van der Waals surface area (Å²) in [5.41, 5.74) is 0.690. The fourth-order valence-corrected chi connectivity index (χ4v) is 1.96. The molecule has 1 N–H and O–H groups in total. The first-order chi connectivity index (χ1) is 7.72. The molecule has 1 aliphatic rings. The average molecular weight is 259 g/mol. The van der Waals surface area contributed by atoms with Gasteiger partial charge in [-0.05, 0) is 13.8 Å². The van der Waals surface area contributed by atoms with Gasteiger partial charge in [0.15, 0.2) is 0 Å². The lowest BCUT2D eigenvalue weighted by Gasteiger charge is -2.33. The van der Waals surface area contributed by atoms with Gasteiger partial charge >= 0.3 is 0 Å². The second kappa shape index (κ2) is 6.02. The van der Waals surface area contributed by atoms with Crippen LogP contribution < -0.4 is 5.32 Å². The Morgan fingerprint density at radius 2 is 2.41 bits per heavy atom. The van der Waals surface area contributed by atoms with Crippen LogP contribution in [0.4, 0.5) is 0 Å². The van der Waals surface area contributed by atoms with Gasteiger partial charge in [-0.25, -0.2) is 0 Å². The molecule has 5 nitrogen and oxygen atoms in total. The lowest BCUT2D eigenvalue weighted by Crippen LogP contribution is -2.52. The molecule has 17 heavy (non-hydrogen) atoms. The molecule has 1 amide bonds. The van der Waals surface area contributed by atoms with Gasteiger partial charge in [0.05, 0.1) is 11.8 Å². The number of aryl methyl sites for hydroxylation is 1.